The van der Waals surface area contributed by atoms with Crippen LogP contribution in [0.2, 0.25) is 0 Å². The van der Waals surface area contributed by atoms with Gasteiger partial charge in [-0.05, 0) is 55.7 Å². The molecule has 0 spiro atoms. The summed E-state index contributed by atoms with van der Waals surface area (Å²) in [5.41, 5.74) is 2.79. The van der Waals surface area contributed by atoms with Crippen molar-refractivity contribution in [1.29, 1.82) is 0 Å². The van der Waals surface area contributed by atoms with Crippen molar-refractivity contribution >= 4 is 16.9 Å². The molecular weight excluding hydrogens is 365 g/mol. The van der Waals surface area contributed by atoms with E-state index < -0.39 is 0 Å². The second kappa shape index (κ2) is 10.7. The van der Waals surface area contributed by atoms with E-state index in [2.05, 4.69) is 35.0 Å². The molecule has 1 amide bonds. The van der Waals surface area contributed by atoms with E-state index in [9.17, 15) is 9.18 Å². The lowest BCUT2D eigenvalue weighted by molar-refractivity contribution is 0.0953. The first kappa shape index (κ1) is 21.0. The molecular formula is C24H30FN3O. The van der Waals surface area contributed by atoms with Crippen LogP contribution in [0.3, 0.4) is 0 Å². The Balaban J connectivity index is 1.45. The third-order valence-corrected chi connectivity index (χ3v) is 5.19. The average Bonchev–Trinajstić information content (AvgIpc) is 3.08. The number of rotatable bonds is 11. The standard InChI is InChI=1S/C24H30FN3O/c1-2-3-9-18-28-22-11-7-6-10-21(22)27-23(28)12-5-4-8-17-26-24(29)19-13-15-20(25)16-14-19/h6-7,10-11,13-16H,2-5,8-9,12,17-18H2,1H3,(H,26,29). The molecule has 3 aromatic rings. The van der Waals surface area contributed by atoms with Crippen molar-refractivity contribution in [3.05, 3.63) is 65.7 Å². The van der Waals surface area contributed by atoms with Gasteiger partial charge in [-0.3, -0.25) is 4.79 Å². The molecule has 0 bridgehead atoms. The van der Waals surface area contributed by atoms with Gasteiger partial charge in [0, 0.05) is 25.1 Å². The molecule has 0 aliphatic heterocycles. The number of aryl methyl sites for hydroxylation is 2. The number of imidazole rings is 1. The first-order valence-corrected chi connectivity index (χ1v) is 10.7. The topological polar surface area (TPSA) is 46.9 Å². The Kier molecular flexibility index (Phi) is 7.79. The fourth-order valence-corrected chi connectivity index (χ4v) is 3.58. The molecule has 0 aliphatic carbocycles. The molecule has 0 fully saturated rings. The number of hydrogen-bond acceptors (Lipinski definition) is 2. The number of aromatic nitrogens is 2. The van der Waals surface area contributed by atoms with Crippen molar-refractivity contribution in [3.8, 4) is 0 Å². The lowest BCUT2D eigenvalue weighted by Gasteiger charge is -2.09. The summed E-state index contributed by atoms with van der Waals surface area (Å²) in [5, 5.41) is 2.90. The van der Waals surface area contributed by atoms with Gasteiger partial charge in [0.05, 0.1) is 11.0 Å². The zero-order valence-electron chi connectivity index (χ0n) is 17.2. The number of halogens is 1. The molecule has 1 heterocycles. The van der Waals surface area contributed by atoms with Crippen molar-refractivity contribution in [2.45, 2.75) is 58.4 Å². The van der Waals surface area contributed by atoms with Crippen LogP contribution in [-0.4, -0.2) is 22.0 Å². The van der Waals surface area contributed by atoms with Gasteiger partial charge in [-0.1, -0.05) is 38.3 Å². The zero-order valence-corrected chi connectivity index (χ0v) is 17.2. The summed E-state index contributed by atoms with van der Waals surface area (Å²) in [4.78, 5) is 16.9. The first-order chi connectivity index (χ1) is 14.2. The fraction of sp³-hybridized carbons (Fsp3) is 0.417. The Labute approximate surface area is 172 Å². The van der Waals surface area contributed by atoms with Crippen LogP contribution in [0.4, 0.5) is 4.39 Å². The number of carbonyl (C=O) groups is 1. The van der Waals surface area contributed by atoms with E-state index >= 15 is 0 Å². The van der Waals surface area contributed by atoms with Gasteiger partial charge in [-0.25, -0.2) is 9.37 Å². The molecule has 0 atom stereocenters. The van der Waals surface area contributed by atoms with Crippen molar-refractivity contribution in [2.24, 2.45) is 0 Å². The van der Waals surface area contributed by atoms with Crippen LogP contribution in [0.5, 0.6) is 0 Å². The van der Waals surface area contributed by atoms with Gasteiger partial charge in [0.2, 0.25) is 0 Å². The summed E-state index contributed by atoms with van der Waals surface area (Å²) in [6.45, 7) is 3.88. The molecule has 3 rings (SSSR count). The summed E-state index contributed by atoms with van der Waals surface area (Å²) >= 11 is 0. The Morgan fingerprint density at radius 2 is 1.79 bits per heavy atom. The molecule has 4 nitrogen and oxygen atoms in total. The van der Waals surface area contributed by atoms with Crippen LogP contribution in [0, 0.1) is 5.82 Å². The van der Waals surface area contributed by atoms with Crippen LogP contribution in [0.25, 0.3) is 11.0 Å². The van der Waals surface area contributed by atoms with Crippen molar-refractivity contribution in [3.63, 3.8) is 0 Å². The molecule has 2 aromatic carbocycles. The molecule has 0 unspecified atom stereocenters. The SMILES string of the molecule is CCCCCn1c(CCCCCNC(=O)c2ccc(F)cc2)nc2ccccc21. The number of para-hydroxylation sites is 2. The second-order valence-electron chi connectivity index (χ2n) is 7.45. The van der Waals surface area contributed by atoms with Crippen LogP contribution in [0.1, 0.15) is 61.6 Å². The van der Waals surface area contributed by atoms with E-state index in [0.717, 1.165) is 43.6 Å². The molecule has 1 aromatic heterocycles. The van der Waals surface area contributed by atoms with Crippen LogP contribution in [0.15, 0.2) is 48.5 Å². The molecule has 0 saturated carbocycles. The zero-order chi connectivity index (χ0) is 20.5. The largest absolute Gasteiger partial charge is 0.352 e. The van der Waals surface area contributed by atoms with Crippen molar-refractivity contribution in [2.75, 3.05) is 6.54 Å². The number of fused-ring (bicyclic) bond motifs is 1. The molecule has 1 N–H and O–H groups in total. The number of nitrogens with one attached hydrogen (secondary N) is 1. The minimum Gasteiger partial charge on any atom is -0.352 e. The summed E-state index contributed by atoms with van der Waals surface area (Å²) in [7, 11) is 0. The maximum atomic E-state index is 12.9. The highest BCUT2D eigenvalue weighted by atomic mass is 19.1. The first-order valence-electron chi connectivity index (χ1n) is 10.7. The normalized spacial score (nSPS) is 11.1. The predicted octanol–water partition coefficient (Wildman–Crippen LogP) is 5.51. The van der Waals surface area contributed by atoms with Gasteiger partial charge in [0.15, 0.2) is 0 Å². The van der Waals surface area contributed by atoms with E-state index in [0.29, 0.717) is 12.1 Å². The number of hydrogen-bond donors (Lipinski definition) is 1. The van der Waals surface area contributed by atoms with Gasteiger partial charge in [-0.2, -0.15) is 0 Å². The molecule has 0 aliphatic rings. The number of amides is 1. The number of benzene rings is 2. The van der Waals surface area contributed by atoms with Gasteiger partial charge in [-0.15, -0.1) is 0 Å². The third-order valence-electron chi connectivity index (χ3n) is 5.19. The summed E-state index contributed by atoms with van der Waals surface area (Å²) in [6, 6.07) is 14.0. The molecule has 29 heavy (non-hydrogen) atoms. The summed E-state index contributed by atoms with van der Waals surface area (Å²) in [5.74, 6) is 0.683. The van der Waals surface area contributed by atoms with Gasteiger partial charge >= 0.3 is 0 Å². The molecule has 0 radical (unpaired) electrons. The number of carbonyl (C=O) groups excluding carboxylic acids is 1. The van der Waals surface area contributed by atoms with Gasteiger partial charge < -0.3 is 9.88 Å². The monoisotopic (exact) mass is 395 g/mol. The van der Waals surface area contributed by atoms with Gasteiger partial charge in [0.25, 0.3) is 5.91 Å². The highest BCUT2D eigenvalue weighted by molar-refractivity contribution is 5.94. The number of unbranched alkanes of at least 4 members (excludes halogenated alkanes) is 4. The Morgan fingerprint density at radius 1 is 1.00 bits per heavy atom. The van der Waals surface area contributed by atoms with Crippen LogP contribution in [-0.2, 0) is 13.0 Å². The maximum absolute atomic E-state index is 12.9. The van der Waals surface area contributed by atoms with E-state index in [4.69, 9.17) is 4.98 Å². The predicted molar refractivity (Wildman–Crippen MR) is 116 cm³/mol. The quantitative estimate of drug-likeness (QED) is 0.435. The van der Waals surface area contributed by atoms with Crippen LogP contribution >= 0.6 is 0 Å². The molecule has 154 valence electrons. The fourth-order valence-electron chi connectivity index (χ4n) is 3.58. The number of nitrogens with zero attached hydrogens (tertiary/aromatic N) is 2. The lowest BCUT2D eigenvalue weighted by Crippen LogP contribution is -2.24. The summed E-state index contributed by atoms with van der Waals surface area (Å²) in [6.07, 6.45) is 7.58. The van der Waals surface area contributed by atoms with Crippen molar-refractivity contribution in [1.82, 2.24) is 14.9 Å². The highest BCUT2D eigenvalue weighted by Crippen LogP contribution is 2.19. The molecule has 5 heteroatoms. The van der Waals surface area contributed by atoms with Crippen molar-refractivity contribution < 1.29 is 9.18 Å². The Bertz CT molecular complexity index is 918. The minimum atomic E-state index is -0.331. The van der Waals surface area contributed by atoms with E-state index in [1.165, 1.54) is 49.0 Å². The van der Waals surface area contributed by atoms with Crippen LogP contribution < -0.4 is 5.32 Å². The third kappa shape index (κ3) is 5.89. The minimum absolute atomic E-state index is 0.150. The maximum Gasteiger partial charge on any atom is 0.251 e. The van der Waals surface area contributed by atoms with E-state index in [-0.39, 0.29) is 11.7 Å². The smallest absolute Gasteiger partial charge is 0.251 e. The second-order valence-corrected chi connectivity index (χ2v) is 7.45. The lowest BCUT2D eigenvalue weighted by atomic mass is 10.1. The van der Waals surface area contributed by atoms with Gasteiger partial charge in [0.1, 0.15) is 11.6 Å². The summed E-state index contributed by atoms with van der Waals surface area (Å²) < 4.78 is 15.3. The molecule has 0 saturated heterocycles. The Morgan fingerprint density at radius 3 is 2.59 bits per heavy atom. The average molecular weight is 396 g/mol. The van der Waals surface area contributed by atoms with E-state index in [1.807, 2.05) is 6.07 Å². The Hall–Kier alpha value is -2.69. The highest BCUT2D eigenvalue weighted by Gasteiger charge is 2.10. The van der Waals surface area contributed by atoms with E-state index in [1.54, 1.807) is 0 Å².